The van der Waals surface area contributed by atoms with Gasteiger partial charge in [-0.15, -0.1) is 0 Å². The molecule has 0 aliphatic heterocycles. The fourth-order valence-electron chi connectivity index (χ4n) is 2.30. The monoisotopic (exact) mass is 361 g/mol. The maximum absolute atomic E-state index is 12.0. The standard InChI is InChI=1S/C19H23NO6/c1-22-14-5-7-15(8-6-14)26-12-19(21)20-11-13-9-17(24-3)18(25-4)10-16(13)23-2/h5-10H,11-12H2,1-4H3,(H,20,21). The number of carbonyl (C=O) groups is 1. The number of nitrogens with one attached hydrogen (secondary N) is 1. The molecule has 0 atom stereocenters. The topological polar surface area (TPSA) is 75.3 Å². The van der Waals surface area contributed by atoms with Crippen molar-refractivity contribution in [1.29, 1.82) is 0 Å². The molecule has 0 spiro atoms. The van der Waals surface area contributed by atoms with Gasteiger partial charge in [0.2, 0.25) is 0 Å². The normalized spacial score (nSPS) is 10.0. The summed E-state index contributed by atoms with van der Waals surface area (Å²) in [6.07, 6.45) is 0. The highest BCUT2D eigenvalue weighted by Gasteiger charge is 2.13. The highest BCUT2D eigenvalue weighted by Crippen LogP contribution is 2.34. The summed E-state index contributed by atoms with van der Waals surface area (Å²) in [5.74, 6) is 2.78. The van der Waals surface area contributed by atoms with Crippen LogP contribution in [-0.2, 0) is 11.3 Å². The van der Waals surface area contributed by atoms with Crippen molar-refractivity contribution in [2.45, 2.75) is 6.54 Å². The number of amides is 1. The van der Waals surface area contributed by atoms with Crippen molar-refractivity contribution in [3.8, 4) is 28.7 Å². The van der Waals surface area contributed by atoms with E-state index in [9.17, 15) is 4.79 Å². The van der Waals surface area contributed by atoms with E-state index in [0.29, 0.717) is 23.0 Å². The first-order valence-electron chi connectivity index (χ1n) is 7.93. The minimum atomic E-state index is -0.252. The molecule has 2 aromatic carbocycles. The van der Waals surface area contributed by atoms with Crippen molar-refractivity contribution < 1.29 is 28.5 Å². The van der Waals surface area contributed by atoms with Crippen LogP contribution in [0.15, 0.2) is 36.4 Å². The van der Waals surface area contributed by atoms with E-state index in [1.165, 1.54) is 0 Å². The molecule has 0 heterocycles. The Morgan fingerprint density at radius 1 is 0.808 bits per heavy atom. The minimum absolute atomic E-state index is 0.0953. The van der Waals surface area contributed by atoms with Gasteiger partial charge in [0.1, 0.15) is 17.2 Å². The summed E-state index contributed by atoms with van der Waals surface area (Å²) in [5.41, 5.74) is 0.767. The fraction of sp³-hybridized carbons (Fsp3) is 0.316. The molecule has 2 aromatic rings. The van der Waals surface area contributed by atoms with Gasteiger partial charge in [-0.1, -0.05) is 0 Å². The molecule has 7 nitrogen and oxygen atoms in total. The number of hydrogen-bond acceptors (Lipinski definition) is 6. The van der Waals surface area contributed by atoms with Gasteiger partial charge >= 0.3 is 0 Å². The van der Waals surface area contributed by atoms with Gasteiger partial charge in [0, 0.05) is 18.2 Å². The van der Waals surface area contributed by atoms with Gasteiger partial charge in [0.15, 0.2) is 18.1 Å². The van der Waals surface area contributed by atoms with Gasteiger partial charge in [-0.05, 0) is 30.3 Å². The van der Waals surface area contributed by atoms with Crippen molar-refractivity contribution >= 4 is 5.91 Å². The molecule has 0 saturated carbocycles. The zero-order valence-electron chi connectivity index (χ0n) is 15.3. The van der Waals surface area contributed by atoms with E-state index in [1.54, 1.807) is 64.8 Å². The van der Waals surface area contributed by atoms with Crippen LogP contribution in [0.1, 0.15) is 5.56 Å². The highest BCUT2D eigenvalue weighted by atomic mass is 16.5. The lowest BCUT2D eigenvalue weighted by Gasteiger charge is -2.14. The molecule has 1 N–H and O–H groups in total. The first-order chi connectivity index (χ1) is 12.6. The van der Waals surface area contributed by atoms with E-state index in [2.05, 4.69) is 5.32 Å². The first kappa shape index (κ1) is 19.2. The summed E-state index contributed by atoms with van der Waals surface area (Å²) in [4.78, 5) is 12.0. The largest absolute Gasteiger partial charge is 0.497 e. The number of hydrogen-bond donors (Lipinski definition) is 1. The summed E-state index contributed by atoms with van der Waals surface area (Å²) >= 11 is 0. The molecule has 0 bridgehead atoms. The van der Waals surface area contributed by atoms with Gasteiger partial charge in [-0.2, -0.15) is 0 Å². The lowest BCUT2D eigenvalue weighted by atomic mass is 10.1. The number of ether oxygens (including phenoxy) is 5. The number of rotatable bonds is 9. The van der Waals surface area contributed by atoms with E-state index >= 15 is 0 Å². The molecule has 7 heteroatoms. The fourth-order valence-corrected chi connectivity index (χ4v) is 2.30. The quantitative estimate of drug-likeness (QED) is 0.739. The Hall–Kier alpha value is -3.09. The second-order valence-electron chi connectivity index (χ2n) is 5.26. The van der Waals surface area contributed by atoms with Crippen molar-refractivity contribution in [2.24, 2.45) is 0 Å². The molecule has 0 aliphatic rings. The maximum Gasteiger partial charge on any atom is 0.258 e. The number of benzene rings is 2. The summed E-state index contributed by atoms with van der Waals surface area (Å²) in [6.45, 7) is 0.177. The van der Waals surface area contributed by atoms with Crippen molar-refractivity contribution in [3.63, 3.8) is 0 Å². The van der Waals surface area contributed by atoms with Gasteiger partial charge in [0.25, 0.3) is 5.91 Å². The van der Waals surface area contributed by atoms with Gasteiger partial charge in [0.05, 0.1) is 28.4 Å². The van der Waals surface area contributed by atoms with Crippen LogP contribution in [0, 0.1) is 0 Å². The van der Waals surface area contributed by atoms with Gasteiger partial charge < -0.3 is 29.0 Å². The summed E-state index contributed by atoms with van der Waals surface area (Å²) in [7, 11) is 6.25. The lowest BCUT2D eigenvalue weighted by molar-refractivity contribution is -0.123. The van der Waals surface area contributed by atoms with Crippen molar-refractivity contribution in [3.05, 3.63) is 42.0 Å². The van der Waals surface area contributed by atoms with E-state index in [1.807, 2.05) is 0 Å². The Labute approximate surface area is 152 Å². The van der Waals surface area contributed by atoms with Crippen LogP contribution < -0.4 is 29.0 Å². The molecule has 0 radical (unpaired) electrons. The van der Waals surface area contributed by atoms with Gasteiger partial charge in [-0.3, -0.25) is 4.79 Å². The Kier molecular flexibility index (Phi) is 6.96. The SMILES string of the molecule is COc1ccc(OCC(=O)NCc2cc(OC)c(OC)cc2OC)cc1. The first-order valence-corrected chi connectivity index (χ1v) is 7.93. The van der Waals surface area contributed by atoms with E-state index in [-0.39, 0.29) is 19.1 Å². The molecular formula is C19H23NO6. The van der Waals surface area contributed by atoms with Crippen LogP contribution in [0.5, 0.6) is 28.7 Å². The van der Waals surface area contributed by atoms with E-state index in [4.69, 9.17) is 23.7 Å². The average molecular weight is 361 g/mol. The molecule has 1 amide bonds. The van der Waals surface area contributed by atoms with Gasteiger partial charge in [-0.25, -0.2) is 0 Å². The predicted molar refractivity (Wildman–Crippen MR) is 96.4 cm³/mol. The molecule has 2 rings (SSSR count). The minimum Gasteiger partial charge on any atom is -0.497 e. The lowest BCUT2D eigenvalue weighted by Crippen LogP contribution is -2.28. The molecule has 140 valence electrons. The second kappa shape index (κ2) is 9.41. The summed E-state index contributed by atoms with van der Waals surface area (Å²) in [6, 6.07) is 10.5. The van der Waals surface area contributed by atoms with Crippen LogP contribution in [0.3, 0.4) is 0 Å². The molecule has 0 fully saturated rings. The van der Waals surface area contributed by atoms with E-state index in [0.717, 1.165) is 11.3 Å². The molecule has 0 aliphatic carbocycles. The smallest absolute Gasteiger partial charge is 0.258 e. The summed E-state index contributed by atoms with van der Waals surface area (Å²) < 4.78 is 26.4. The Morgan fingerprint density at radius 2 is 1.38 bits per heavy atom. The van der Waals surface area contributed by atoms with Crippen LogP contribution in [-0.4, -0.2) is 41.0 Å². The molecule has 0 aromatic heterocycles. The van der Waals surface area contributed by atoms with Crippen molar-refractivity contribution in [1.82, 2.24) is 5.32 Å². The van der Waals surface area contributed by atoms with Crippen molar-refractivity contribution in [2.75, 3.05) is 35.0 Å². The van der Waals surface area contributed by atoms with Crippen LogP contribution in [0.25, 0.3) is 0 Å². The maximum atomic E-state index is 12.0. The Balaban J connectivity index is 1.93. The Bertz CT molecular complexity index is 730. The summed E-state index contributed by atoms with van der Waals surface area (Å²) in [5, 5.41) is 2.79. The highest BCUT2D eigenvalue weighted by molar-refractivity contribution is 5.77. The molecule has 26 heavy (non-hydrogen) atoms. The predicted octanol–water partition coefficient (Wildman–Crippen LogP) is 2.42. The molecular weight excluding hydrogens is 338 g/mol. The zero-order valence-corrected chi connectivity index (χ0v) is 15.3. The molecule has 0 saturated heterocycles. The third-order valence-electron chi connectivity index (χ3n) is 3.69. The third-order valence-corrected chi connectivity index (χ3v) is 3.69. The zero-order chi connectivity index (χ0) is 18.9. The van der Waals surface area contributed by atoms with Crippen LogP contribution in [0.2, 0.25) is 0 Å². The number of methoxy groups -OCH3 is 4. The number of carbonyl (C=O) groups excluding carboxylic acids is 1. The third kappa shape index (κ3) is 4.95. The van der Waals surface area contributed by atoms with Crippen LogP contribution in [0.4, 0.5) is 0 Å². The Morgan fingerprint density at radius 3 is 1.96 bits per heavy atom. The van der Waals surface area contributed by atoms with E-state index < -0.39 is 0 Å². The molecule has 0 unspecified atom stereocenters. The average Bonchev–Trinajstić information content (AvgIpc) is 2.70. The van der Waals surface area contributed by atoms with Crippen LogP contribution >= 0.6 is 0 Å². The second-order valence-corrected chi connectivity index (χ2v) is 5.26.